The Hall–Kier alpha value is -7.08. The Bertz CT molecular complexity index is 2550. The minimum absolute atomic E-state index is 0.0795. The lowest BCUT2D eigenvalue weighted by molar-refractivity contribution is 0.583. The molecule has 0 spiro atoms. The summed E-state index contributed by atoms with van der Waals surface area (Å²) in [7, 11) is 0. The summed E-state index contributed by atoms with van der Waals surface area (Å²) in [6.07, 6.45) is 6.26. The summed E-state index contributed by atoms with van der Waals surface area (Å²) in [5.74, 6) is -6.99. The van der Waals surface area contributed by atoms with Crippen LogP contribution in [0, 0.1) is 46.5 Å². The molecule has 56 heavy (non-hydrogen) atoms. The van der Waals surface area contributed by atoms with Gasteiger partial charge in [0.1, 0.15) is 46.5 Å². The van der Waals surface area contributed by atoms with Crippen molar-refractivity contribution in [2.45, 2.75) is 0 Å². The molecular formula is C44H22F8N4. The van der Waals surface area contributed by atoms with E-state index < -0.39 is 46.5 Å². The molecule has 0 aliphatic carbocycles. The van der Waals surface area contributed by atoms with Crippen LogP contribution in [0.3, 0.4) is 0 Å². The molecule has 2 aliphatic heterocycles. The van der Waals surface area contributed by atoms with Crippen molar-refractivity contribution >= 4 is 46.4 Å². The third-order valence-electron chi connectivity index (χ3n) is 9.36. The first-order valence-electron chi connectivity index (χ1n) is 17.0. The molecule has 0 radical (unpaired) electrons. The summed E-state index contributed by atoms with van der Waals surface area (Å²) in [4.78, 5) is 16.1. The average molecular weight is 759 g/mol. The summed E-state index contributed by atoms with van der Waals surface area (Å²) >= 11 is 0. The number of nitrogens with one attached hydrogen (secondary N) is 2. The van der Waals surface area contributed by atoms with Gasteiger partial charge in [-0.25, -0.2) is 45.1 Å². The molecule has 0 saturated carbocycles. The van der Waals surface area contributed by atoms with E-state index in [1.54, 1.807) is 48.6 Å². The molecule has 274 valence electrons. The first-order chi connectivity index (χ1) is 26.9. The van der Waals surface area contributed by atoms with Crippen LogP contribution in [0.5, 0.6) is 0 Å². The molecule has 2 aliphatic rings. The van der Waals surface area contributed by atoms with Gasteiger partial charge in [-0.3, -0.25) is 0 Å². The number of H-pyrrole nitrogens is 2. The van der Waals surface area contributed by atoms with Crippen LogP contribution in [0.2, 0.25) is 0 Å². The van der Waals surface area contributed by atoms with Crippen LogP contribution in [0.15, 0.2) is 97.1 Å². The van der Waals surface area contributed by atoms with Crippen molar-refractivity contribution in [3.05, 3.63) is 166 Å². The maximum absolute atomic E-state index is 14.8. The standard InChI is InChI=1S/C44H22F8N4/c45-25-9-21(10-26(46)17-25)41-33-1-2-34(53-33)42(22-11-27(47)18-28(48)12-22)36-5-6-38(55-36)44(24-15-31(51)20-32(52)16-24)40-8-7-39(56-40)43(37-4-3-35(41)54-37)23-13-29(49)19-30(50)14-23/h1-20,53,56H. The number of hydrogen-bond donors (Lipinski definition) is 2. The van der Waals surface area contributed by atoms with Crippen LogP contribution in [-0.4, -0.2) is 19.9 Å². The van der Waals surface area contributed by atoms with E-state index in [2.05, 4.69) is 9.97 Å². The Morgan fingerprint density at radius 3 is 0.679 bits per heavy atom. The smallest absolute Gasteiger partial charge is 0.126 e. The second-order valence-electron chi connectivity index (χ2n) is 13.1. The molecule has 2 N–H and O–H groups in total. The van der Waals surface area contributed by atoms with Gasteiger partial charge in [0.25, 0.3) is 0 Å². The first kappa shape index (κ1) is 34.7. The van der Waals surface area contributed by atoms with Crippen LogP contribution in [-0.2, 0) is 0 Å². The Morgan fingerprint density at radius 1 is 0.286 bits per heavy atom. The molecular weight excluding hydrogens is 736 g/mol. The fraction of sp³-hybridized carbons (Fsp3) is 0. The molecule has 3 aromatic heterocycles. The Balaban J connectivity index is 1.50. The third kappa shape index (κ3) is 6.34. The maximum Gasteiger partial charge on any atom is 0.126 e. The Kier molecular flexibility index (Phi) is 8.26. The van der Waals surface area contributed by atoms with Gasteiger partial charge in [-0.2, -0.15) is 0 Å². The van der Waals surface area contributed by atoms with Gasteiger partial charge >= 0.3 is 0 Å². The molecule has 0 saturated heterocycles. The molecule has 5 heterocycles. The maximum atomic E-state index is 14.8. The SMILES string of the molecule is Fc1cc(F)cc(-c2c3nc(c(-c4cc(F)cc(F)c4)c4ccc([nH]4)c(-c4cc(F)cc(F)c4)c4nc(c(-c5cc(F)cc(F)c5)c5ccc2[nH]5)C=C4)C=C3)c1. The molecule has 0 amide bonds. The number of rotatable bonds is 4. The van der Waals surface area contributed by atoms with E-state index in [1.165, 1.54) is 0 Å². The number of aromatic amines is 2. The Labute approximate surface area is 311 Å². The molecule has 4 nitrogen and oxygen atoms in total. The normalized spacial score (nSPS) is 12.1. The fourth-order valence-corrected chi connectivity index (χ4v) is 7.21. The molecule has 8 bridgehead atoms. The van der Waals surface area contributed by atoms with Crippen LogP contribution >= 0.6 is 0 Å². The van der Waals surface area contributed by atoms with Crippen molar-refractivity contribution in [3.63, 3.8) is 0 Å². The molecule has 7 aromatic rings. The molecule has 0 fully saturated rings. The molecule has 4 aromatic carbocycles. The zero-order chi connectivity index (χ0) is 38.8. The van der Waals surface area contributed by atoms with Crippen molar-refractivity contribution in [1.82, 2.24) is 19.9 Å². The summed E-state index contributed by atoms with van der Waals surface area (Å²) < 4.78 is 118. The number of halogens is 8. The Morgan fingerprint density at radius 2 is 0.482 bits per heavy atom. The minimum atomic E-state index is -0.874. The van der Waals surface area contributed by atoms with E-state index in [4.69, 9.17) is 9.97 Å². The highest BCUT2D eigenvalue weighted by Gasteiger charge is 2.21. The summed E-state index contributed by atoms with van der Waals surface area (Å²) in [6.45, 7) is 0. The van der Waals surface area contributed by atoms with Crippen molar-refractivity contribution in [3.8, 4) is 44.5 Å². The highest BCUT2D eigenvalue weighted by atomic mass is 19.2. The second kappa shape index (κ2) is 13.3. The number of fused-ring (bicyclic) bond motifs is 8. The van der Waals surface area contributed by atoms with E-state index in [1.807, 2.05) is 0 Å². The van der Waals surface area contributed by atoms with E-state index in [0.29, 0.717) is 24.3 Å². The summed E-state index contributed by atoms with van der Waals surface area (Å²) in [5.41, 5.74) is 3.10. The number of hydrogen-bond acceptors (Lipinski definition) is 2. The van der Waals surface area contributed by atoms with Gasteiger partial charge in [-0.05, 0) is 119 Å². The lowest BCUT2D eigenvalue weighted by Gasteiger charge is -2.08. The minimum Gasteiger partial charge on any atom is -0.354 e. The van der Waals surface area contributed by atoms with Gasteiger partial charge in [0, 0.05) is 68.6 Å². The van der Waals surface area contributed by atoms with Gasteiger partial charge in [0.05, 0.1) is 22.8 Å². The van der Waals surface area contributed by atoms with E-state index in [-0.39, 0.29) is 89.4 Å². The quantitative estimate of drug-likeness (QED) is 0.176. The van der Waals surface area contributed by atoms with Crippen molar-refractivity contribution in [2.75, 3.05) is 0 Å². The monoisotopic (exact) mass is 758 g/mol. The predicted octanol–water partition coefficient (Wildman–Crippen LogP) is 12.4. The average Bonchev–Trinajstić information content (AvgIpc) is 3.94. The molecule has 0 unspecified atom stereocenters. The fourth-order valence-electron chi connectivity index (χ4n) is 7.21. The van der Waals surface area contributed by atoms with Gasteiger partial charge < -0.3 is 9.97 Å². The predicted molar refractivity (Wildman–Crippen MR) is 200 cm³/mol. The second-order valence-corrected chi connectivity index (χ2v) is 13.1. The van der Waals surface area contributed by atoms with Gasteiger partial charge in [0.15, 0.2) is 0 Å². The third-order valence-corrected chi connectivity index (χ3v) is 9.36. The summed E-state index contributed by atoms with van der Waals surface area (Å²) in [5, 5.41) is 0. The topological polar surface area (TPSA) is 57.4 Å². The zero-order valence-electron chi connectivity index (χ0n) is 28.5. The molecule has 12 heteroatoms. The van der Waals surface area contributed by atoms with Gasteiger partial charge in [-0.1, -0.05) is 0 Å². The largest absolute Gasteiger partial charge is 0.354 e. The van der Waals surface area contributed by atoms with E-state index in [9.17, 15) is 35.1 Å². The van der Waals surface area contributed by atoms with E-state index >= 15 is 0 Å². The van der Waals surface area contributed by atoms with Crippen molar-refractivity contribution in [2.24, 2.45) is 0 Å². The number of aromatic nitrogens is 4. The molecule has 9 rings (SSSR count). The molecule has 0 atom stereocenters. The number of nitrogens with zero attached hydrogens (tertiary/aromatic N) is 2. The van der Waals surface area contributed by atoms with Crippen LogP contribution < -0.4 is 0 Å². The van der Waals surface area contributed by atoms with E-state index in [0.717, 1.165) is 48.5 Å². The highest BCUT2D eigenvalue weighted by molar-refractivity contribution is 5.99. The highest BCUT2D eigenvalue weighted by Crippen LogP contribution is 2.39. The lowest BCUT2D eigenvalue weighted by atomic mass is 10.0. The summed E-state index contributed by atoms with van der Waals surface area (Å²) in [6, 6.07) is 18.1. The number of benzene rings is 4. The van der Waals surface area contributed by atoms with Crippen molar-refractivity contribution in [1.29, 1.82) is 0 Å². The van der Waals surface area contributed by atoms with Gasteiger partial charge in [0.2, 0.25) is 0 Å². The zero-order valence-corrected chi connectivity index (χ0v) is 28.5. The van der Waals surface area contributed by atoms with Crippen LogP contribution in [0.1, 0.15) is 22.8 Å². The van der Waals surface area contributed by atoms with Gasteiger partial charge in [-0.15, -0.1) is 0 Å². The van der Waals surface area contributed by atoms with Crippen LogP contribution in [0.4, 0.5) is 35.1 Å². The van der Waals surface area contributed by atoms with Crippen molar-refractivity contribution < 1.29 is 35.1 Å². The lowest BCUT2D eigenvalue weighted by Crippen LogP contribution is -1.92. The first-order valence-corrected chi connectivity index (χ1v) is 17.0. The van der Waals surface area contributed by atoms with Crippen LogP contribution in [0.25, 0.3) is 90.9 Å².